The highest BCUT2D eigenvalue weighted by Crippen LogP contribution is 2.43. The zero-order valence-electron chi connectivity index (χ0n) is 17.5. The first kappa shape index (κ1) is 20.0. The van der Waals surface area contributed by atoms with Gasteiger partial charge in [0, 0.05) is 41.6 Å². The Bertz CT molecular complexity index is 1280. The molecule has 162 valence electrons. The lowest BCUT2D eigenvalue weighted by molar-refractivity contribution is -0.384. The van der Waals surface area contributed by atoms with Crippen LogP contribution in [-0.4, -0.2) is 36.9 Å². The van der Waals surface area contributed by atoms with Crippen molar-refractivity contribution in [1.29, 1.82) is 0 Å². The van der Waals surface area contributed by atoms with Crippen LogP contribution in [0.5, 0.6) is 5.75 Å². The molecule has 5 rings (SSSR count). The van der Waals surface area contributed by atoms with Gasteiger partial charge < -0.3 is 9.64 Å². The molecule has 0 N–H and O–H groups in total. The molecule has 2 heterocycles. The number of imide groups is 1. The van der Waals surface area contributed by atoms with Crippen LogP contribution in [0.4, 0.5) is 17.1 Å². The van der Waals surface area contributed by atoms with Crippen molar-refractivity contribution in [3.05, 3.63) is 69.8 Å². The van der Waals surface area contributed by atoms with E-state index in [2.05, 4.69) is 0 Å². The molecule has 1 fully saturated rings. The van der Waals surface area contributed by atoms with Crippen LogP contribution in [0.25, 0.3) is 10.8 Å². The minimum absolute atomic E-state index is 0.111. The van der Waals surface area contributed by atoms with Gasteiger partial charge in [-0.25, -0.2) is 4.90 Å². The van der Waals surface area contributed by atoms with Crippen LogP contribution >= 0.6 is 0 Å². The molecule has 2 amide bonds. The van der Waals surface area contributed by atoms with E-state index in [-0.39, 0.29) is 11.3 Å². The maximum Gasteiger partial charge on any atom is 0.293 e. The molecular weight excluding hydrogens is 410 g/mol. The van der Waals surface area contributed by atoms with Crippen molar-refractivity contribution in [3.63, 3.8) is 0 Å². The van der Waals surface area contributed by atoms with Crippen molar-refractivity contribution in [3.8, 4) is 5.75 Å². The first-order valence-electron chi connectivity index (χ1n) is 10.5. The van der Waals surface area contributed by atoms with Gasteiger partial charge in [0.25, 0.3) is 17.5 Å². The fourth-order valence-corrected chi connectivity index (χ4v) is 4.71. The van der Waals surface area contributed by atoms with Crippen LogP contribution in [0.15, 0.2) is 48.5 Å². The van der Waals surface area contributed by atoms with Gasteiger partial charge in [0.2, 0.25) is 0 Å². The van der Waals surface area contributed by atoms with Crippen LogP contribution in [0, 0.1) is 10.1 Å². The molecule has 3 aromatic rings. The summed E-state index contributed by atoms with van der Waals surface area (Å²) in [7, 11) is 1.50. The number of nitro benzene ring substituents is 1. The first-order valence-corrected chi connectivity index (χ1v) is 10.5. The third kappa shape index (κ3) is 2.98. The maximum absolute atomic E-state index is 13.5. The predicted octanol–water partition coefficient (Wildman–Crippen LogP) is 4.55. The molecule has 1 saturated heterocycles. The number of amides is 2. The average Bonchev–Trinajstić information content (AvgIpc) is 2.82. The van der Waals surface area contributed by atoms with Crippen molar-refractivity contribution in [1.82, 2.24) is 0 Å². The van der Waals surface area contributed by atoms with E-state index in [4.69, 9.17) is 4.74 Å². The largest absolute Gasteiger partial charge is 0.497 e. The Labute approximate surface area is 184 Å². The lowest BCUT2D eigenvalue weighted by atomic mass is 9.91. The second-order valence-corrected chi connectivity index (χ2v) is 7.97. The molecule has 0 unspecified atom stereocenters. The summed E-state index contributed by atoms with van der Waals surface area (Å²) in [6.45, 7) is 1.41. The van der Waals surface area contributed by atoms with E-state index in [9.17, 15) is 19.7 Å². The molecule has 0 aromatic heterocycles. The molecule has 2 aliphatic rings. The van der Waals surface area contributed by atoms with Gasteiger partial charge in [0.1, 0.15) is 11.4 Å². The number of hydrogen-bond acceptors (Lipinski definition) is 6. The average molecular weight is 431 g/mol. The van der Waals surface area contributed by atoms with Crippen LogP contribution in [0.3, 0.4) is 0 Å². The van der Waals surface area contributed by atoms with E-state index in [1.807, 2.05) is 4.90 Å². The molecule has 0 radical (unpaired) electrons. The second kappa shape index (κ2) is 7.64. The van der Waals surface area contributed by atoms with E-state index in [0.29, 0.717) is 46.5 Å². The number of carbonyl (C=O) groups excluding carboxylic acids is 2. The fraction of sp³-hybridized carbons (Fsp3) is 0.250. The van der Waals surface area contributed by atoms with Crippen molar-refractivity contribution >= 4 is 39.6 Å². The number of hydrogen-bond donors (Lipinski definition) is 0. The summed E-state index contributed by atoms with van der Waals surface area (Å²) in [6, 6.07) is 13.1. The Kier molecular flexibility index (Phi) is 4.77. The summed E-state index contributed by atoms with van der Waals surface area (Å²) < 4.78 is 5.23. The number of methoxy groups -OCH3 is 1. The van der Waals surface area contributed by atoms with Crippen LogP contribution in [0.2, 0.25) is 0 Å². The normalized spacial score (nSPS) is 15.9. The lowest BCUT2D eigenvalue weighted by Gasteiger charge is -2.32. The Hall–Kier alpha value is -3.94. The monoisotopic (exact) mass is 431 g/mol. The number of ether oxygens (including phenoxy) is 1. The Balaban J connectivity index is 1.76. The van der Waals surface area contributed by atoms with Crippen LogP contribution in [-0.2, 0) is 0 Å². The number of rotatable bonds is 4. The Morgan fingerprint density at radius 3 is 2.38 bits per heavy atom. The van der Waals surface area contributed by atoms with Crippen molar-refractivity contribution in [2.24, 2.45) is 0 Å². The van der Waals surface area contributed by atoms with Crippen molar-refractivity contribution < 1.29 is 19.2 Å². The van der Waals surface area contributed by atoms with Gasteiger partial charge >= 0.3 is 0 Å². The number of anilines is 2. The Morgan fingerprint density at radius 1 is 0.938 bits per heavy atom. The highest BCUT2D eigenvalue weighted by molar-refractivity contribution is 6.37. The van der Waals surface area contributed by atoms with Crippen molar-refractivity contribution in [2.45, 2.75) is 19.3 Å². The minimum atomic E-state index is -0.583. The molecule has 32 heavy (non-hydrogen) atoms. The van der Waals surface area contributed by atoms with E-state index in [1.165, 1.54) is 13.2 Å². The standard InChI is InChI=1S/C24H21N3O5/c1-32-16-8-5-7-15(13-16)26-23(28)18-10-6-9-17-21(18)19(24(26)29)14-20(27(30)31)22(17)25-11-3-2-4-12-25/h5-10,13-14H,2-4,11-12H2,1H3. The predicted molar refractivity (Wildman–Crippen MR) is 121 cm³/mol. The highest BCUT2D eigenvalue weighted by atomic mass is 16.6. The number of nitrogens with zero attached hydrogens (tertiary/aromatic N) is 3. The van der Waals surface area contributed by atoms with E-state index < -0.39 is 16.7 Å². The molecule has 0 spiro atoms. The molecule has 2 aliphatic heterocycles. The van der Waals surface area contributed by atoms with Crippen LogP contribution in [0.1, 0.15) is 40.0 Å². The maximum atomic E-state index is 13.5. The topological polar surface area (TPSA) is 93.0 Å². The lowest BCUT2D eigenvalue weighted by Crippen LogP contribution is -2.40. The fourth-order valence-electron chi connectivity index (χ4n) is 4.71. The molecule has 8 heteroatoms. The van der Waals surface area contributed by atoms with Crippen molar-refractivity contribution in [2.75, 3.05) is 30.0 Å². The molecule has 3 aromatic carbocycles. The number of nitro groups is 1. The van der Waals surface area contributed by atoms with Gasteiger partial charge in [-0.1, -0.05) is 18.2 Å². The van der Waals surface area contributed by atoms with Gasteiger partial charge in [-0.15, -0.1) is 0 Å². The quantitative estimate of drug-likeness (QED) is 0.342. The second-order valence-electron chi connectivity index (χ2n) is 7.97. The van der Waals surface area contributed by atoms with Gasteiger partial charge in [-0.3, -0.25) is 19.7 Å². The summed E-state index contributed by atoms with van der Waals surface area (Å²) >= 11 is 0. The van der Waals surface area contributed by atoms with Crippen LogP contribution < -0.4 is 14.5 Å². The summed E-state index contributed by atoms with van der Waals surface area (Å²) in [5, 5.41) is 13.1. The van der Waals surface area contributed by atoms with E-state index in [0.717, 1.165) is 24.2 Å². The number of benzene rings is 3. The molecule has 8 nitrogen and oxygen atoms in total. The summed E-state index contributed by atoms with van der Waals surface area (Å²) in [6.07, 6.45) is 2.97. The highest BCUT2D eigenvalue weighted by Gasteiger charge is 2.38. The van der Waals surface area contributed by atoms with Gasteiger partial charge in [-0.2, -0.15) is 0 Å². The zero-order valence-corrected chi connectivity index (χ0v) is 17.5. The minimum Gasteiger partial charge on any atom is -0.497 e. The molecule has 0 saturated carbocycles. The summed E-state index contributed by atoms with van der Waals surface area (Å²) in [5.41, 5.74) is 1.24. The van der Waals surface area contributed by atoms with E-state index >= 15 is 0 Å². The number of carbonyl (C=O) groups is 2. The third-order valence-electron chi connectivity index (χ3n) is 6.16. The van der Waals surface area contributed by atoms with E-state index in [1.54, 1.807) is 42.5 Å². The van der Waals surface area contributed by atoms with Gasteiger partial charge in [0.05, 0.1) is 23.3 Å². The van der Waals surface area contributed by atoms with Gasteiger partial charge in [0.15, 0.2) is 0 Å². The zero-order chi connectivity index (χ0) is 22.4. The molecule has 0 atom stereocenters. The first-order chi connectivity index (χ1) is 15.5. The van der Waals surface area contributed by atoms with Gasteiger partial charge in [-0.05, 0) is 37.5 Å². The summed E-state index contributed by atoms with van der Waals surface area (Å²) in [5.74, 6) is -0.543. The molecule has 0 aliphatic carbocycles. The summed E-state index contributed by atoms with van der Waals surface area (Å²) in [4.78, 5) is 41.6. The Morgan fingerprint density at radius 2 is 1.66 bits per heavy atom. The smallest absolute Gasteiger partial charge is 0.293 e. The molecular formula is C24H21N3O5. The number of piperidine rings is 1. The molecule has 0 bridgehead atoms. The third-order valence-corrected chi connectivity index (χ3v) is 6.16. The SMILES string of the molecule is COc1cccc(N2C(=O)c3cccc4c(N5CCCCC5)c([N+](=O)[O-])cc(c34)C2=O)c1.